The number of ether oxygens (including phenoxy) is 1. The zero-order valence-corrected chi connectivity index (χ0v) is 15.1. The molecular formula is C17H21BrN4O2. The molecule has 1 aromatic carbocycles. The lowest BCUT2D eigenvalue weighted by Crippen LogP contribution is -2.55. The number of hydrogen-bond donors (Lipinski definition) is 0. The predicted octanol–water partition coefficient (Wildman–Crippen LogP) is 2.08. The van der Waals surface area contributed by atoms with Gasteiger partial charge in [-0.05, 0) is 17.7 Å². The number of carbonyl (C=O) groups is 1. The van der Waals surface area contributed by atoms with Gasteiger partial charge in [-0.1, -0.05) is 28.1 Å². The summed E-state index contributed by atoms with van der Waals surface area (Å²) >= 11 is 3.46. The Kier molecular flexibility index (Phi) is 5.72. The van der Waals surface area contributed by atoms with Crippen LogP contribution in [0, 0.1) is 11.3 Å². The lowest BCUT2D eigenvalue weighted by Gasteiger charge is -2.39. The topological polar surface area (TPSA) is 59.8 Å². The van der Waals surface area contributed by atoms with E-state index in [1.165, 1.54) is 0 Å². The van der Waals surface area contributed by atoms with Crippen LogP contribution < -0.4 is 0 Å². The summed E-state index contributed by atoms with van der Waals surface area (Å²) in [5, 5.41) is 9.59. The highest BCUT2D eigenvalue weighted by atomic mass is 79.9. The largest absolute Gasteiger partial charge is 0.378 e. The van der Waals surface area contributed by atoms with Gasteiger partial charge in [-0.2, -0.15) is 5.26 Å². The Morgan fingerprint density at radius 1 is 1.12 bits per heavy atom. The summed E-state index contributed by atoms with van der Waals surface area (Å²) < 4.78 is 6.27. The third-order valence-electron chi connectivity index (χ3n) is 4.52. The van der Waals surface area contributed by atoms with Crippen molar-refractivity contribution >= 4 is 22.0 Å². The maximum atomic E-state index is 12.5. The van der Waals surface area contributed by atoms with Gasteiger partial charge in [0.2, 0.25) is 0 Å². The number of amides is 2. The molecule has 2 amide bonds. The predicted molar refractivity (Wildman–Crippen MR) is 93.4 cm³/mol. The number of carbonyl (C=O) groups excluding carboxylic acids is 1. The molecule has 2 fully saturated rings. The van der Waals surface area contributed by atoms with Crippen LogP contribution in [0.1, 0.15) is 11.6 Å². The highest BCUT2D eigenvalue weighted by molar-refractivity contribution is 9.10. The fraction of sp³-hybridized carbons (Fsp3) is 0.529. The number of urea groups is 1. The Hall–Kier alpha value is -1.62. The first-order valence-corrected chi connectivity index (χ1v) is 8.99. The highest BCUT2D eigenvalue weighted by Gasteiger charge is 2.29. The van der Waals surface area contributed by atoms with Crippen molar-refractivity contribution < 1.29 is 9.53 Å². The second-order valence-corrected chi connectivity index (χ2v) is 6.91. The average Bonchev–Trinajstić information content (AvgIpc) is 2.63. The second kappa shape index (κ2) is 7.97. The molecule has 0 N–H and O–H groups in total. The lowest BCUT2D eigenvalue weighted by molar-refractivity contribution is 0.0363. The van der Waals surface area contributed by atoms with Crippen molar-refractivity contribution in [1.29, 1.82) is 5.26 Å². The number of piperazine rings is 1. The molecule has 0 spiro atoms. The molecule has 2 saturated heterocycles. The minimum absolute atomic E-state index is 0.0916. The minimum atomic E-state index is -0.275. The molecule has 1 aromatic rings. The van der Waals surface area contributed by atoms with E-state index in [2.05, 4.69) is 26.9 Å². The highest BCUT2D eigenvalue weighted by Crippen LogP contribution is 2.24. The fourth-order valence-electron chi connectivity index (χ4n) is 3.17. The van der Waals surface area contributed by atoms with Gasteiger partial charge in [0.1, 0.15) is 6.04 Å². The molecule has 1 atom stereocenters. The van der Waals surface area contributed by atoms with E-state index in [0.717, 1.165) is 10.0 Å². The summed E-state index contributed by atoms with van der Waals surface area (Å²) in [6, 6.07) is 10.1. The Morgan fingerprint density at radius 3 is 2.42 bits per heavy atom. The third-order valence-corrected chi connectivity index (χ3v) is 5.01. The Balaban J connectivity index is 1.59. The van der Waals surface area contributed by atoms with E-state index in [4.69, 9.17) is 4.74 Å². The number of hydrogen-bond acceptors (Lipinski definition) is 4. The van der Waals surface area contributed by atoms with Crippen LogP contribution in [0.15, 0.2) is 28.7 Å². The van der Waals surface area contributed by atoms with Gasteiger partial charge in [-0.15, -0.1) is 0 Å². The van der Waals surface area contributed by atoms with Crippen molar-refractivity contribution in [3.05, 3.63) is 34.3 Å². The molecular weight excluding hydrogens is 372 g/mol. The first kappa shape index (κ1) is 17.2. The van der Waals surface area contributed by atoms with E-state index in [0.29, 0.717) is 52.5 Å². The van der Waals surface area contributed by atoms with Crippen LogP contribution in [0.3, 0.4) is 0 Å². The van der Waals surface area contributed by atoms with Crippen molar-refractivity contribution in [3.63, 3.8) is 0 Å². The molecule has 1 unspecified atom stereocenters. The van der Waals surface area contributed by atoms with Crippen LogP contribution in [0.4, 0.5) is 4.79 Å². The molecule has 2 aliphatic heterocycles. The SMILES string of the molecule is N#CC(c1cccc(Br)c1)N1CCN(C(=O)N2CCOCC2)CC1. The van der Waals surface area contributed by atoms with E-state index in [9.17, 15) is 10.1 Å². The van der Waals surface area contributed by atoms with E-state index >= 15 is 0 Å². The van der Waals surface area contributed by atoms with Gasteiger partial charge >= 0.3 is 6.03 Å². The van der Waals surface area contributed by atoms with Gasteiger partial charge in [0.05, 0.1) is 19.3 Å². The van der Waals surface area contributed by atoms with Crippen LogP contribution in [-0.2, 0) is 4.74 Å². The smallest absolute Gasteiger partial charge is 0.320 e. The van der Waals surface area contributed by atoms with E-state index < -0.39 is 0 Å². The number of halogens is 1. The Bertz CT molecular complexity index is 619. The number of nitriles is 1. The minimum Gasteiger partial charge on any atom is -0.378 e. The maximum Gasteiger partial charge on any atom is 0.320 e. The van der Waals surface area contributed by atoms with Crippen LogP contribution in [-0.4, -0.2) is 73.2 Å². The molecule has 7 heteroatoms. The molecule has 128 valence electrons. The van der Waals surface area contributed by atoms with Crippen LogP contribution in [0.2, 0.25) is 0 Å². The van der Waals surface area contributed by atoms with Crippen molar-refractivity contribution in [2.45, 2.75) is 6.04 Å². The Labute approximate surface area is 150 Å². The zero-order valence-electron chi connectivity index (χ0n) is 13.5. The number of morpholine rings is 1. The van der Waals surface area contributed by atoms with E-state index in [1.807, 2.05) is 34.1 Å². The number of nitrogens with zero attached hydrogens (tertiary/aromatic N) is 4. The van der Waals surface area contributed by atoms with Gasteiger partial charge in [0.25, 0.3) is 0 Å². The van der Waals surface area contributed by atoms with Crippen molar-refractivity contribution in [2.75, 3.05) is 52.5 Å². The standard InChI is InChI=1S/C17H21BrN4O2/c18-15-3-1-2-14(12-15)16(13-19)20-4-6-21(7-5-20)17(23)22-8-10-24-11-9-22/h1-3,12,16H,4-11H2. The third kappa shape index (κ3) is 3.89. The second-order valence-electron chi connectivity index (χ2n) is 5.99. The summed E-state index contributed by atoms with van der Waals surface area (Å²) in [4.78, 5) is 18.4. The lowest BCUT2D eigenvalue weighted by atomic mass is 10.1. The normalized spacial score (nSPS) is 20.5. The van der Waals surface area contributed by atoms with Crippen molar-refractivity contribution in [3.8, 4) is 6.07 Å². The zero-order chi connectivity index (χ0) is 16.9. The number of benzene rings is 1. The molecule has 2 heterocycles. The Morgan fingerprint density at radius 2 is 1.79 bits per heavy atom. The molecule has 0 aliphatic carbocycles. The maximum absolute atomic E-state index is 12.5. The molecule has 0 aromatic heterocycles. The van der Waals surface area contributed by atoms with Gasteiger partial charge in [-0.25, -0.2) is 4.79 Å². The molecule has 24 heavy (non-hydrogen) atoms. The summed E-state index contributed by atoms with van der Waals surface area (Å²) in [7, 11) is 0. The summed E-state index contributed by atoms with van der Waals surface area (Å²) in [5.74, 6) is 0. The summed E-state index contributed by atoms with van der Waals surface area (Å²) in [5.41, 5.74) is 0.986. The molecule has 6 nitrogen and oxygen atoms in total. The first-order chi connectivity index (χ1) is 11.7. The van der Waals surface area contributed by atoms with Crippen molar-refractivity contribution in [2.24, 2.45) is 0 Å². The van der Waals surface area contributed by atoms with Crippen molar-refractivity contribution in [1.82, 2.24) is 14.7 Å². The number of rotatable bonds is 2. The van der Waals surface area contributed by atoms with Gasteiger partial charge in [-0.3, -0.25) is 4.90 Å². The fourth-order valence-corrected chi connectivity index (χ4v) is 3.59. The van der Waals surface area contributed by atoms with Gasteiger partial charge in [0.15, 0.2) is 0 Å². The van der Waals surface area contributed by atoms with E-state index in [1.54, 1.807) is 0 Å². The van der Waals surface area contributed by atoms with Gasteiger partial charge < -0.3 is 14.5 Å². The first-order valence-electron chi connectivity index (χ1n) is 8.20. The molecule has 0 saturated carbocycles. The average molecular weight is 393 g/mol. The molecule has 0 bridgehead atoms. The summed E-state index contributed by atoms with van der Waals surface area (Å²) in [6.45, 7) is 5.29. The van der Waals surface area contributed by atoms with Gasteiger partial charge in [0, 0.05) is 43.7 Å². The van der Waals surface area contributed by atoms with Crippen LogP contribution in [0.5, 0.6) is 0 Å². The van der Waals surface area contributed by atoms with Crippen LogP contribution >= 0.6 is 15.9 Å². The quantitative estimate of drug-likeness (QED) is 0.772. The molecule has 3 rings (SSSR count). The monoisotopic (exact) mass is 392 g/mol. The molecule has 2 aliphatic rings. The summed E-state index contributed by atoms with van der Waals surface area (Å²) in [6.07, 6.45) is 0. The molecule has 0 radical (unpaired) electrons. The van der Waals surface area contributed by atoms with Crippen LogP contribution in [0.25, 0.3) is 0 Å². The van der Waals surface area contributed by atoms with E-state index in [-0.39, 0.29) is 12.1 Å².